The lowest BCUT2D eigenvalue weighted by atomic mass is 10.1. The number of halogens is 1. The van der Waals surface area contributed by atoms with Crippen molar-refractivity contribution in [1.82, 2.24) is 0 Å². The Kier molecular flexibility index (Phi) is 7.62. The number of amides is 1. The van der Waals surface area contributed by atoms with Crippen molar-refractivity contribution in [3.63, 3.8) is 0 Å². The first-order valence-corrected chi connectivity index (χ1v) is 10.1. The molecule has 0 heterocycles. The van der Waals surface area contributed by atoms with Gasteiger partial charge in [-0.15, -0.1) is 0 Å². The third-order valence-electron chi connectivity index (χ3n) is 4.49. The number of hydrogen-bond acceptors (Lipinski definition) is 5. The molecule has 0 atom stereocenters. The van der Waals surface area contributed by atoms with Gasteiger partial charge >= 0.3 is 0 Å². The molecule has 3 aromatic carbocycles. The van der Waals surface area contributed by atoms with Crippen LogP contribution < -0.4 is 24.3 Å². The number of benzene rings is 3. The summed E-state index contributed by atoms with van der Waals surface area (Å²) in [6.45, 7) is 2.65. The molecule has 3 rings (SSSR count). The quantitative estimate of drug-likeness (QED) is 0.469. The van der Waals surface area contributed by atoms with Gasteiger partial charge in [0.15, 0.2) is 0 Å². The Labute approximate surface area is 186 Å². The van der Waals surface area contributed by atoms with E-state index in [1.54, 1.807) is 67.8 Å². The lowest BCUT2D eigenvalue weighted by molar-refractivity contribution is 0.102. The normalized spacial score (nSPS) is 10.3. The minimum Gasteiger partial charge on any atom is -0.497 e. The fourth-order valence-electron chi connectivity index (χ4n) is 2.92. The summed E-state index contributed by atoms with van der Waals surface area (Å²) in [7, 11) is 3.11. The molecule has 0 saturated heterocycles. The summed E-state index contributed by atoms with van der Waals surface area (Å²) >= 11 is 5.92. The number of ether oxygens (including phenoxy) is 4. The fourth-order valence-corrected chi connectivity index (χ4v) is 3.04. The molecule has 0 radical (unpaired) electrons. The summed E-state index contributed by atoms with van der Waals surface area (Å²) in [6, 6.07) is 17.5. The summed E-state index contributed by atoms with van der Waals surface area (Å²) in [5.74, 6) is 2.20. The van der Waals surface area contributed by atoms with Gasteiger partial charge in [-0.1, -0.05) is 11.6 Å². The maximum atomic E-state index is 12.9. The molecule has 162 valence electrons. The highest BCUT2D eigenvalue weighted by atomic mass is 35.5. The van der Waals surface area contributed by atoms with Crippen LogP contribution in [-0.4, -0.2) is 26.7 Å². The molecule has 0 saturated carbocycles. The second kappa shape index (κ2) is 10.6. The monoisotopic (exact) mass is 441 g/mol. The summed E-state index contributed by atoms with van der Waals surface area (Å²) in [5.41, 5.74) is 1.77. The molecule has 0 unspecified atom stereocenters. The average molecular weight is 442 g/mol. The summed E-state index contributed by atoms with van der Waals surface area (Å²) in [6.07, 6.45) is 0. The number of methoxy groups -OCH3 is 2. The van der Waals surface area contributed by atoms with E-state index in [2.05, 4.69) is 5.32 Å². The van der Waals surface area contributed by atoms with E-state index in [0.29, 0.717) is 45.9 Å². The minimum atomic E-state index is -0.278. The zero-order valence-corrected chi connectivity index (χ0v) is 18.4. The molecule has 0 aliphatic carbocycles. The fraction of sp³-hybridized carbons (Fsp3) is 0.208. The predicted octanol–water partition coefficient (Wildman–Crippen LogP) is 5.59. The SMILES string of the molecule is CCOc1ccc(C(=O)Nc2ccc(OC)cc2OC)cc1COc1ccc(Cl)cc1. The van der Waals surface area contributed by atoms with Gasteiger partial charge < -0.3 is 24.3 Å². The molecule has 31 heavy (non-hydrogen) atoms. The molecule has 0 aliphatic heterocycles. The maximum Gasteiger partial charge on any atom is 0.255 e. The second-order valence-corrected chi connectivity index (χ2v) is 6.95. The number of nitrogens with one attached hydrogen (secondary N) is 1. The van der Waals surface area contributed by atoms with Gasteiger partial charge in [0.25, 0.3) is 5.91 Å². The largest absolute Gasteiger partial charge is 0.497 e. The number of carbonyl (C=O) groups excluding carboxylic acids is 1. The van der Waals surface area contributed by atoms with Crippen molar-refractivity contribution in [3.8, 4) is 23.0 Å². The third kappa shape index (κ3) is 5.83. The van der Waals surface area contributed by atoms with Gasteiger partial charge in [-0.3, -0.25) is 4.79 Å². The van der Waals surface area contributed by atoms with Crippen LogP contribution in [0.3, 0.4) is 0 Å². The van der Waals surface area contributed by atoms with E-state index in [1.165, 1.54) is 7.11 Å². The predicted molar refractivity (Wildman–Crippen MR) is 121 cm³/mol. The minimum absolute atomic E-state index is 0.240. The van der Waals surface area contributed by atoms with Crippen LogP contribution in [0.5, 0.6) is 23.0 Å². The van der Waals surface area contributed by atoms with Crippen molar-refractivity contribution < 1.29 is 23.7 Å². The highest BCUT2D eigenvalue weighted by Gasteiger charge is 2.14. The van der Waals surface area contributed by atoms with Crippen molar-refractivity contribution in [2.24, 2.45) is 0 Å². The molecular formula is C24H24ClNO5. The molecule has 7 heteroatoms. The number of anilines is 1. The topological polar surface area (TPSA) is 66.0 Å². The van der Waals surface area contributed by atoms with E-state index in [-0.39, 0.29) is 12.5 Å². The van der Waals surface area contributed by atoms with Crippen molar-refractivity contribution in [2.75, 3.05) is 26.1 Å². The molecular weight excluding hydrogens is 418 g/mol. The van der Waals surface area contributed by atoms with Crippen molar-refractivity contribution >= 4 is 23.2 Å². The Morgan fingerprint density at radius 2 is 1.61 bits per heavy atom. The summed E-state index contributed by atoms with van der Waals surface area (Å²) < 4.78 is 22.1. The molecule has 6 nitrogen and oxygen atoms in total. The van der Waals surface area contributed by atoms with Crippen LogP contribution in [0, 0.1) is 0 Å². The molecule has 0 fully saturated rings. The van der Waals surface area contributed by atoms with Crippen molar-refractivity contribution in [3.05, 3.63) is 76.8 Å². The third-order valence-corrected chi connectivity index (χ3v) is 4.74. The van der Waals surface area contributed by atoms with Gasteiger partial charge in [0.05, 0.1) is 26.5 Å². The van der Waals surface area contributed by atoms with Crippen LogP contribution in [0.4, 0.5) is 5.69 Å². The van der Waals surface area contributed by atoms with E-state index < -0.39 is 0 Å². The van der Waals surface area contributed by atoms with Gasteiger partial charge in [-0.25, -0.2) is 0 Å². The zero-order valence-electron chi connectivity index (χ0n) is 17.6. The van der Waals surface area contributed by atoms with Crippen LogP contribution in [0.25, 0.3) is 0 Å². The van der Waals surface area contributed by atoms with Gasteiger partial charge in [-0.2, -0.15) is 0 Å². The number of hydrogen-bond donors (Lipinski definition) is 1. The lowest BCUT2D eigenvalue weighted by Crippen LogP contribution is -2.14. The lowest BCUT2D eigenvalue weighted by Gasteiger charge is -2.15. The average Bonchev–Trinajstić information content (AvgIpc) is 2.79. The highest BCUT2D eigenvalue weighted by Crippen LogP contribution is 2.30. The Bertz CT molecular complexity index is 1040. The summed E-state index contributed by atoms with van der Waals surface area (Å²) in [4.78, 5) is 12.9. The smallest absolute Gasteiger partial charge is 0.255 e. The number of rotatable bonds is 9. The second-order valence-electron chi connectivity index (χ2n) is 6.52. The Morgan fingerprint density at radius 1 is 0.871 bits per heavy atom. The van der Waals surface area contributed by atoms with E-state index in [9.17, 15) is 4.79 Å². The van der Waals surface area contributed by atoms with E-state index in [0.717, 1.165) is 5.56 Å². The molecule has 0 aromatic heterocycles. The van der Waals surface area contributed by atoms with E-state index in [1.807, 2.05) is 6.92 Å². The van der Waals surface area contributed by atoms with Crippen LogP contribution in [0.2, 0.25) is 5.02 Å². The maximum absolute atomic E-state index is 12.9. The van der Waals surface area contributed by atoms with Gasteiger partial charge in [0.1, 0.15) is 29.6 Å². The Balaban J connectivity index is 1.80. The van der Waals surface area contributed by atoms with Crippen LogP contribution in [0.1, 0.15) is 22.8 Å². The first-order valence-electron chi connectivity index (χ1n) is 9.71. The van der Waals surface area contributed by atoms with E-state index in [4.69, 9.17) is 30.5 Å². The van der Waals surface area contributed by atoms with Gasteiger partial charge in [-0.05, 0) is 61.5 Å². The van der Waals surface area contributed by atoms with Gasteiger partial charge in [0, 0.05) is 22.2 Å². The van der Waals surface area contributed by atoms with Crippen LogP contribution >= 0.6 is 11.6 Å². The van der Waals surface area contributed by atoms with Crippen molar-refractivity contribution in [2.45, 2.75) is 13.5 Å². The van der Waals surface area contributed by atoms with E-state index >= 15 is 0 Å². The van der Waals surface area contributed by atoms with Crippen LogP contribution in [-0.2, 0) is 6.61 Å². The first-order chi connectivity index (χ1) is 15.0. The molecule has 0 spiro atoms. The molecule has 3 aromatic rings. The standard InChI is InChI=1S/C24H24ClNO5/c1-4-30-22-12-5-16(13-17(22)15-31-19-8-6-18(25)7-9-19)24(27)26-21-11-10-20(28-2)14-23(21)29-3/h5-14H,4,15H2,1-3H3,(H,26,27). The Morgan fingerprint density at radius 3 is 2.29 bits per heavy atom. The molecule has 0 aliphatic rings. The zero-order chi connectivity index (χ0) is 22.2. The first kappa shape index (κ1) is 22.3. The number of carbonyl (C=O) groups is 1. The van der Waals surface area contributed by atoms with Gasteiger partial charge in [0.2, 0.25) is 0 Å². The molecule has 1 N–H and O–H groups in total. The molecule has 1 amide bonds. The Hall–Kier alpha value is -3.38. The van der Waals surface area contributed by atoms with Crippen LogP contribution in [0.15, 0.2) is 60.7 Å². The highest BCUT2D eigenvalue weighted by molar-refractivity contribution is 6.30. The molecule has 0 bridgehead atoms. The summed E-state index contributed by atoms with van der Waals surface area (Å²) in [5, 5.41) is 3.51. The van der Waals surface area contributed by atoms with Crippen molar-refractivity contribution in [1.29, 1.82) is 0 Å².